The molecule has 0 spiro atoms. The first-order valence-corrected chi connectivity index (χ1v) is 17.2. The molecule has 0 aromatic carbocycles. The summed E-state index contributed by atoms with van der Waals surface area (Å²) in [4.78, 5) is 23.5. The average molecular weight is 1860 g/mol. The third kappa shape index (κ3) is 53.5. The van der Waals surface area contributed by atoms with Crippen LogP contribution in [0.4, 0.5) is 0 Å². The molecule has 2 fully saturated rings. The molecule has 2 aliphatic carbocycles. The first-order valence-electron chi connectivity index (χ1n) is 13.2. The molecule has 5 nitrogen and oxygen atoms in total. The summed E-state index contributed by atoms with van der Waals surface area (Å²) in [6.45, 7) is 5.23. The number of allylic oxidation sites excluding steroid dienone is 6. The number of rotatable bonds is 18. The Morgan fingerprint density at radius 3 is 1.58 bits per heavy atom. The monoisotopic (exact) mass is 1850 g/mol. The van der Waals surface area contributed by atoms with Crippen molar-refractivity contribution in [3.8, 4) is 0 Å². The molecule has 0 aromatic heterocycles. The Balaban J connectivity index is -0.0000000720. The Bertz CT molecular complexity index is 828. The molecule has 2 aliphatic rings. The van der Waals surface area contributed by atoms with Crippen molar-refractivity contribution in [2.75, 3.05) is 19.2 Å². The van der Waals surface area contributed by atoms with Crippen molar-refractivity contribution in [2.45, 2.75) is 78.1 Å². The van der Waals surface area contributed by atoms with Gasteiger partial charge < -0.3 is 54.5 Å². The van der Waals surface area contributed by atoms with E-state index in [0.29, 0.717) is 23.7 Å². The van der Waals surface area contributed by atoms with E-state index in [4.69, 9.17) is 4.52 Å². The van der Waals surface area contributed by atoms with Crippen LogP contribution < -0.4 is 9.79 Å². The molecule has 7 unspecified atom stereocenters. The van der Waals surface area contributed by atoms with Gasteiger partial charge in [0.2, 0.25) is 0 Å². The molecule has 0 amide bonds. The van der Waals surface area contributed by atoms with Gasteiger partial charge >= 0.3 is 0 Å². The van der Waals surface area contributed by atoms with Gasteiger partial charge in [0.15, 0.2) is 0 Å². The molecule has 0 bridgehead atoms. The van der Waals surface area contributed by atoms with E-state index in [2.05, 4.69) is 63.1 Å². The Kier molecular flexibility index (Phi) is 134. The Morgan fingerprint density at radius 2 is 1.12 bits per heavy atom. The molecule has 0 aliphatic heterocycles. The quantitative estimate of drug-likeness (QED) is 0.0918. The summed E-state index contributed by atoms with van der Waals surface area (Å²) in [6.07, 6.45) is 31.0. The van der Waals surface area contributed by atoms with Crippen LogP contribution in [0.3, 0.4) is 0 Å². The van der Waals surface area contributed by atoms with Crippen LogP contribution in [0.5, 0.6) is 0 Å². The molecule has 2 rings (SSSR count). The predicted molar refractivity (Wildman–Crippen MR) is 139 cm³/mol. The average Bonchev–Trinajstić information content (AvgIpc) is 3.49. The van der Waals surface area contributed by atoms with Gasteiger partial charge in [-0.25, -0.2) is 0 Å². The number of fused-ring (bicyclic) bond motifs is 1. The SMILES string of the molecule is CC[C-]=CCC[C-]=CCC[CH-]C1C([CH-]CCC=[C-]CC)CCC2C(COP(=O)([O-])CP(C)(=O)[O-])C12.[Y].[Y].[Y].[Y].[Y].[Y].[Y].[Y].[Y].[Y].[Y].[Y].[Y].[Y].[Y]. The molecule has 0 N–H and O–H groups in total. The second-order valence-electron chi connectivity index (χ2n) is 9.88. The van der Waals surface area contributed by atoms with Gasteiger partial charge in [0.1, 0.15) is 7.60 Å². The van der Waals surface area contributed by atoms with Gasteiger partial charge in [0.05, 0.1) is 12.5 Å². The maximum absolute atomic E-state index is 12.1. The van der Waals surface area contributed by atoms with E-state index in [0.717, 1.165) is 70.9 Å². The van der Waals surface area contributed by atoms with Gasteiger partial charge in [0, 0.05) is 498 Å². The summed E-state index contributed by atoms with van der Waals surface area (Å²) in [5, 5.41) is 0. The second-order valence-corrected chi connectivity index (χ2v) is 14.5. The van der Waals surface area contributed by atoms with Crippen molar-refractivity contribution in [2.24, 2.45) is 29.6 Å². The minimum Gasteiger partial charge on any atom is -0.799 e. The maximum Gasteiger partial charge on any atom is 0.141 e. The topological polar surface area (TPSA) is 89.5 Å². The van der Waals surface area contributed by atoms with Crippen LogP contribution in [0.15, 0.2) is 18.2 Å². The molecule has 15 radical (unpaired) electrons. The fourth-order valence-electron chi connectivity index (χ4n) is 5.33. The molecule has 7 atom stereocenters. The molecule has 0 aromatic rings. The molecular weight excluding hydrogens is 1810 g/mol. The number of unbranched alkanes of at least 4 members (excludes halogenated alkanes) is 3. The zero-order valence-corrected chi connectivity index (χ0v) is 74.7. The summed E-state index contributed by atoms with van der Waals surface area (Å²) in [6, 6.07) is 0. The third-order valence-corrected chi connectivity index (χ3v) is 10.9. The van der Waals surface area contributed by atoms with Crippen molar-refractivity contribution in [3.63, 3.8) is 0 Å². The van der Waals surface area contributed by atoms with Gasteiger partial charge in [-0.15, -0.1) is 0 Å². The fourth-order valence-corrected chi connectivity index (χ4v) is 8.57. The smallest absolute Gasteiger partial charge is 0.141 e. The van der Waals surface area contributed by atoms with E-state index in [-0.39, 0.29) is 503 Å². The zero-order chi connectivity index (χ0) is 25.7. The first kappa shape index (κ1) is 103. The van der Waals surface area contributed by atoms with Crippen LogP contribution in [0, 0.1) is 60.7 Å². The van der Waals surface area contributed by atoms with Crippen LogP contribution in [-0.4, -0.2) is 19.2 Å². The van der Waals surface area contributed by atoms with Gasteiger partial charge in [-0.05, 0) is 18.5 Å². The van der Waals surface area contributed by atoms with Gasteiger partial charge in [0.25, 0.3) is 0 Å². The van der Waals surface area contributed by atoms with E-state index in [1.807, 2.05) is 0 Å². The molecule has 50 heavy (non-hydrogen) atoms. The minimum absolute atomic E-state index is 0. The van der Waals surface area contributed by atoms with E-state index in [1.54, 1.807) is 0 Å². The largest absolute Gasteiger partial charge is 0.799 e. The van der Waals surface area contributed by atoms with Crippen molar-refractivity contribution in [3.05, 3.63) is 49.3 Å². The summed E-state index contributed by atoms with van der Waals surface area (Å²) >= 11 is 0. The fraction of sp³-hybridized carbons (Fsp3) is 0.714. The number of hydrogen-bond donors (Lipinski definition) is 0. The van der Waals surface area contributed by atoms with Gasteiger partial charge in [-0.3, -0.25) is 18.2 Å². The normalized spacial score (nSPS) is 21.0. The molecule has 2 saturated carbocycles. The Labute approximate surface area is 685 Å². The zero-order valence-electron chi connectivity index (χ0n) is 30.4. The van der Waals surface area contributed by atoms with Gasteiger partial charge in [-0.1, -0.05) is 51.9 Å². The third-order valence-electron chi connectivity index (χ3n) is 6.87. The molecule has 22 heteroatoms. The van der Waals surface area contributed by atoms with Crippen LogP contribution in [0.2, 0.25) is 0 Å². The summed E-state index contributed by atoms with van der Waals surface area (Å²) in [5.41, 5.74) is 0. The standard InChI is InChI=1S/C28H45O5P2.15Y/c1-4-6-8-10-11-12-13-15-17-19-25-24(18-16-14-9-7-5-2)20-21-26-27(28(25)26)22-33-35(31,32)23-34(3,29)30;;;;;;;;;;;;;;;/h8-9,13,18-19,24-28H,4-5,10-11,14-17,20-23H2,1-3H3,(H,29,30)(H,31,32);;;;;;;;;;;;;;;/q-5;;;;;;;;;;;;;;;/p-2. The first-order chi connectivity index (χ1) is 16.7. The maximum atomic E-state index is 12.1. The van der Waals surface area contributed by atoms with Gasteiger partial charge in [-0.2, -0.15) is 43.9 Å². The van der Waals surface area contributed by atoms with Crippen LogP contribution >= 0.6 is 15.0 Å². The molecular formula is C28H43O5P2Y15-7. The Hall–Kier alpha value is 16.1. The predicted octanol–water partition coefficient (Wildman–Crippen LogP) is 6.28. The molecule has 0 heterocycles. The number of hydrogen-bond acceptors (Lipinski definition) is 5. The van der Waals surface area contributed by atoms with Crippen molar-refractivity contribution < 1.29 is 514 Å². The van der Waals surface area contributed by atoms with Crippen molar-refractivity contribution in [1.29, 1.82) is 0 Å². The van der Waals surface area contributed by atoms with E-state index in [1.165, 1.54) is 0 Å². The van der Waals surface area contributed by atoms with Crippen LogP contribution in [0.1, 0.15) is 78.1 Å². The summed E-state index contributed by atoms with van der Waals surface area (Å²) in [5.74, 6) is 1.10. The van der Waals surface area contributed by atoms with Crippen LogP contribution in [-0.2, 0) is 504 Å². The van der Waals surface area contributed by atoms with E-state index in [9.17, 15) is 18.9 Å². The molecule has 0 saturated heterocycles. The minimum atomic E-state index is -4.36. The summed E-state index contributed by atoms with van der Waals surface area (Å²) < 4.78 is 28.7. The van der Waals surface area contributed by atoms with Crippen LogP contribution in [0.25, 0.3) is 0 Å². The van der Waals surface area contributed by atoms with E-state index >= 15 is 0 Å². The second kappa shape index (κ2) is 65.1. The van der Waals surface area contributed by atoms with Crippen molar-refractivity contribution in [1.82, 2.24) is 0 Å². The van der Waals surface area contributed by atoms with Crippen molar-refractivity contribution >= 4 is 15.0 Å². The molecule has 247 valence electrons. The van der Waals surface area contributed by atoms with E-state index < -0.39 is 20.9 Å². The Morgan fingerprint density at radius 1 is 0.680 bits per heavy atom. The summed E-state index contributed by atoms with van der Waals surface area (Å²) in [7, 11) is -8.28.